The normalized spacial score (nSPS) is 14.8. The lowest BCUT2D eigenvalue weighted by molar-refractivity contribution is 0.0693. The molecule has 20 heavy (non-hydrogen) atoms. The van der Waals surface area contributed by atoms with Gasteiger partial charge in [-0.3, -0.25) is 14.5 Å². The SMILES string of the molecule is CN1C(=O)c2ccc(S(=O)(=O)NCCCN)cc2C1=O. The first-order valence-electron chi connectivity index (χ1n) is 6.04. The molecule has 1 aromatic rings. The zero-order valence-corrected chi connectivity index (χ0v) is 11.7. The summed E-state index contributed by atoms with van der Waals surface area (Å²) in [6.07, 6.45) is 0.518. The van der Waals surface area contributed by atoms with Crippen molar-refractivity contribution >= 4 is 21.8 Å². The summed E-state index contributed by atoms with van der Waals surface area (Å²) >= 11 is 0. The van der Waals surface area contributed by atoms with E-state index in [-0.39, 0.29) is 22.6 Å². The topological polar surface area (TPSA) is 110 Å². The van der Waals surface area contributed by atoms with Crippen LogP contribution in [0.2, 0.25) is 0 Å². The molecule has 1 aliphatic heterocycles. The van der Waals surface area contributed by atoms with Crippen molar-refractivity contribution in [2.45, 2.75) is 11.3 Å². The van der Waals surface area contributed by atoms with Gasteiger partial charge in [-0.1, -0.05) is 0 Å². The molecule has 0 radical (unpaired) electrons. The third-order valence-electron chi connectivity index (χ3n) is 3.04. The number of imide groups is 1. The van der Waals surface area contributed by atoms with E-state index in [1.165, 1.54) is 25.2 Å². The molecular weight excluding hydrogens is 282 g/mol. The average molecular weight is 297 g/mol. The standard InChI is InChI=1S/C12H15N3O4S/c1-15-11(16)9-4-3-8(7-10(9)12(15)17)20(18,19)14-6-2-5-13/h3-4,7,14H,2,5-6,13H2,1H3. The Bertz CT molecular complexity index is 669. The maximum atomic E-state index is 12.0. The first kappa shape index (κ1) is 14.6. The first-order valence-corrected chi connectivity index (χ1v) is 7.53. The molecule has 0 aromatic heterocycles. The van der Waals surface area contributed by atoms with E-state index >= 15 is 0 Å². The third kappa shape index (κ3) is 2.45. The molecule has 0 saturated carbocycles. The van der Waals surface area contributed by atoms with Gasteiger partial charge in [0.05, 0.1) is 16.0 Å². The molecule has 0 spiro atoms. The molecule has 1 aromatic carbocycles. The zero-order chi connectivity index (χ0) is 14.9. The molecule has 7 nitrogen and oxygen atoms in total. The Kier molecular flexibility index (Phi) is 3.89. The monoisotopic (exact) mass is 297 g/mol. The van der Waals surface area contributed by atoms with E-state index in [0.717, 1.165) is 4.90 Å². The number of fused-ring (bicyclic) bond motifs is 1. The van der Waals surface area contributed by atoms with Crippen LogP contribution in [0.5, 0.6) is 0 Å². The van der Waals surface area contributed by atoms with Crippen molar-refractivity contribution in [3.05, 3.63) is 29.3 Å². The van der Waals surface area contributed by atoms with Crippen molar-refractivity contribution in [3.63, 3.8) is 0 Å². The molecule has 2 amide bonds. The number of benzene rings is 1. The highest BCUT2D eigenvalue weighted by Crippen LogP contribution is 2.24. The fourth-order valence-electron chi connectivity index (χ4n) is 1.90. The third-order valence-corrected chi connectivity index (χ3v) is 4.50. The van der Waals surface area contributed by atoms with Gasteiger partial charge < -0.3 is 5.73 Å². The average Bonchev–Trinajstić information content (AvgIpc) is 2.64. The Morgan fingerprint density at radius 2 is 1.85 bits per heavy atom. The highest BCUT2D eigenvalue weighted by atomic mass is 32.2. The molecule has 0 saturated heterocycles. The van der Waals surface area contributed by atoms with Crippen LogP contribution in [0, 0.1) is 0 Å². The molecule has 0 fully saturated rings. The van der Waals surface area contributed by atoms with Crippen LogP contribution < -0.4 is 10.5 Å². The summed E-state index contributed by atoms with van der Waals surface area (Å²) in [5, 5.41) is 0. The molecule has 0 aliphatic carbocycles. The highest BCUT2D eigenvalue weighted by Gasteiger charge is 2.33. The van der Waals surface area contributed by atoms with E-state index in [9.17, 15) is 18.0 Å². The van der Waals surface area contributed by atoms with Gasteiger partial charge in [0, 0.05) is 13.6 Å². The quantitative estimate of drug-likeness (QED) is 0.564. The van der Waals surface area contributed by atoms with Crippen molar-refractivity contribution in [3.8, 4) is 0 Å². The van der Waals surface area contributed by atoms with Crippen LogP contribution in [0.3, 0.4) is 0 Å². The van der Waals surface area contributed by atoms with Crippen LogP contribution in [0.25, 0.3) is 0 Å². The molecule has 1 aliphatic rings. The molecule has 1 heterocycles. The van der Waals surface area contributed by atoms with E-state index in [4.69, 9.17) is 5.73 Å². The van der Waals surface area contributed by atoms with Crippen molar-refractivity contribution in [2.24, 2.45) is 5.73 Å². The van der Waals surface area contributed by atoms with E-state index in [1.54, 1.807) is 0 Å². The summed E-state index contributed by atoms with van der Waals surface area (Å²) in [7, 11) is -2.34. The van der Waals surface area contributed by atoms with Gasteiger partial charge in [-0.05, 0) is 31.2 Å². The lowest BCUT2D eigenvalue weighted by Crippen LogP contribution is -2.26. The maximum Gasteiger partial charge on any atom is 0.261 e. The Labute approximate surface area is 116 Å². The molecular formula is C12H15N3O4S. The number of rotatable bonds is 5. The second-order valence-corrected chi connectivity index (χ2v) is 6.18. The largest absolute Gasteiger partial charge is 0.330 e. The molecule has 0 bridgehead atoms. The van der Waals surface area contributed by atoms with E-state index < -0.39 is 21.8 Å². The zero-order valence-electron chi connectivity index (χ0n) is 10.9. The number of carbonyl (C=O) groups is 2. The van der Waals surface area contributed by atoms with Gasteiger partial charge in [0.1, 0.15) is 0 Å². The minimum absolute atomic E-state index is 0.0373. The van der Waals surface area contributed by atoms with Gasteiger partial charge in [0.25, 0.3) is 11.8 Å². The van der Waals surface area contributed by atoms with Crippen LogP contribution in [-0.2, 0) is 10.0 Å². The van der Waals surface area contributed by atoms with Gasteiger partial charge in [-0.25, -0.2) is 13.1 Å². The second-order valence-electron chi connectivity index (χ2n) is 4.42. The summed E-state index contributed by atoms with van der Waals surface area (Å²) in [6.45, 7) is 0.604. The summed E-state index contributed by atoms with van der Waals surface area (Å²) in [5.74, 6) is -0.922. The number of sulfonamides is 1. The minimum atomic E-state index is -3.70. The van der Waals surface area contributed by atoms with Gasteiger partial charge in [0.2, 0.25) is 10.0 Å². The Morgan fingerprint density at radius 1 is 1.20 bits per heavy atom. The summed E-state index contributed by atoms with van der Waals surface area (Å²) in [6, 6.07) is 3.90. The predicted octanol–water partition coefficient (Wildman–Crippen LogP) is -0.460. The van der Waals surface area contributed by atoms with Crippen LogP contribution in [0.1, 0.15) is 27.1 Å². The molecule has 3 N–H and O–H groups in total. The minimum Gasteiger partial charge on any atom is -0.330 e. The number of nitrogens with two attached hydrogens (primary N) is 1. The van der Waals surface area contributed by atoms with Crippen LogP contribution in [-0.4, -0.2) is 45.3 Å². The Balaban J connectivity index is 2.33. The molecule has 0 atom stereocenters. The lowest BCUT2D eigenvalue weighted by atomic mass is 10.1. The number of hydrogen-bond acceptors (Lipinski definition) is 5. The number of nitrogens with one attached hydrogen (secondary N) is 1. The fraction of sp³-hybridized carbons (Fsp3) is 0.333. The van der Waals surface area contributed by atoms with Gasteiger partial charge in [-0.15, -0.1) is 0 Å². The van der Waals surface area contributed by atoms with Crippen molar-refractivity contribution < 1.29 is 18.0 Å². The summed E-state index contributed by atoms with van der Waals surface area (Å²) in [5.41, 5.74) is 5.63. The van der Waals surface area contributed by atoms with E-state index in [2.05, 4.69) is 4.72 Å². The van der Waals surface area contributed by atoms with Crippen molar-refractivity contribution in [2.75, 3.05) is 20.1 Å². The van der Waals surface area contributed by atoms with Crippen molar-refractivity contribution in [1.82, 2.24) is 9.62 Å². The first-order chi connectivity index (χ1) is 9.38. The number of amides is 2. The molecule has 2 rings (SSSR count). The Hall–Kier alpha value is -1.77. The molecule has 8 heteroatoms. The van der Waals surface area contributed by atoms with Crippen molar-refractivity contribution in [1.29, 1.82) is 0 Å². The Morgan fingerprint density at radius 3 is 2.50 bits per heavy atom. The van der Waals surface area contributed by atoms with Gasteiger partial charge >= 0.3 is 0 Å². The summed E-state index contributed by atoms with van der Waals surface area (Å²) < 4.78 is 26.4. The second kappa shape index (κ2) is 5.31. The van der Waals surface area contributed by atoms with Gasteiger partial charge in [0.15, 0.2) is 0 Å². The molecule has 108 valence electrons. The number of hydrogen-bond donors (Lipinski definition) is 2. The fourth-order valence-corrected chi connectivity index (χ4v) is 3.00. The van der Waals surface area contributed by atoms with Gasteiger partial charge in [-0.2, -0.15) is 0 Å². The van der Waals surface area contributed by atoms with Crippen LogP contribution in [0.4, 0.5) is 0 Å². The van der Waals surface area contributed by atoms with Crippen LogP contribution >= 0.6 is 0 Å². The smallest absolute Gasteiger partial charge is 0.261 e. The number of nitrogens with zero attached hydrogens (tertiary/aromatic N) is 1. The molecule has 0 unspecified atom stereocenters. The van der Waals surface area contributed by atoms with E-state index in [0.29, 0.717) is 13.0 Å². The lowest BCUT2D eigenvalue weighted by Gasteiger charge is -2.06. The predicted molar refractivity (Wildman–Crippen MR) is 71.7 cm³/mol. The van der Waals surface area contributed by atoms with Crippen LogP contribution in [0.15, 0.2) is 23.1 Å². The number of carbonyl (C=O) groups excluding carboxylic acids is 2. The van der Waals surface area contributed by atoms with E-state index in [1.807, 2.05) is 0 Å². The summed E-state index contributed by atoms with van der Waals surface area (Å²) in [4.78, 5) is 24.4. The highest BCUT2D eigenvalue weighted by molar-refractivity contribution is 7.89. The maximum absolute atomic E-state index is 12.0.